The molecule has 3 nitrogen and oxygen atoms in total. The maximum absolute atomic E-state index is 12.3. The molecule has 1 N–H and O–H groups in total. The zero-order chi connectivity index (χ0) is 12.9. The highest BCUT2D eigenvalue weighted by Gasteiger charge is 2.10. The topological polar surface area (TPSA) is 42.2 Å². The van der Waals surface area contributed by atoms with E-state index in [1.807, 2.05) is 12.1 Å². The largest absolute Gasteiger partial charge is 0.428 e. The second kappa shape index (κ2) is 4.37. The van der Waals surface area contributed by atoms with E-state index in [0.717, 1.165) is 11.9 Å². The molecule has 0 unspecified atom stereocenters. The van der Waals surface area contributed by atoms with Crippen LogP contribution in [0.25, 0.3) is 21.8 Å². The summed E-state index contributed by atoms with van der Waals surface area (Å²) in [4.78, 5) is 12.3. The van der Waals surface area contributed by atoms with E-state index in [-0.39, 0.29) is 5.43 Å². The van der Waals surface area contributed by atoms with Crippen molar-refractivity contribution < 1.29 is 5.21 Å². The lowest BCUT2D eigenvalue weighted by molar-refractivity contribution is 0.211. The van der Waals surface area contributed by atoms with Crippen molar-refractivity contribution >= 4 is 67.0 Å². The van der Waals surface area contributed by atoms with Crippen molar-refractivity contribution in [1.29, 1.82) is 0 Å². The first-order valence-electron chi connectivity index (χ1n) is 5.21. The highest BCUT2D eigenvalue weighted by atomic mass is 127. The number of nitrogens with zero attached hydrogens (tertiary/aromatic N) is 1. The molecule has 0 amide bonds. The highest BCUT2D eigenvalue weighted by molar-refractivity contribution is 14.1. The fourth-order valence-electron chi connectivity index (χ4n) is 2.02. The molecule has 0 atom stereocenters. The van der Waals surface area contributed by atoms with Gasteiger partial charge in [0.1, 0.15) is 0 Å². The van der Waals surface area contributed by atoms with Gasteiger partial charge in [0.15, 0.2) is 5.43 Å². The summed E-state index contributed by atoms with van der Waals surface area (Å²) in [6.07, 6.45) is 0. The number of hydrogen-bond donors (Lipinski definition) is 1. The number of aromatic nitrogens is 1. The lowest BCUT2D eigenvalue weighted by Crippen LogP contribution is -2.10. The van der Waals surface area contributed by atoms with Gasteiger partial charge in [-0.15, -0.1) is 0 Å². The van der Waals surface area contributed by atoms with Crippen LogP contribution < -0.4 is 5.43 Å². The van der Waals surface area contributed by atoms with E-state index in [0.29, 0.717) is 21.8 Å². The monoisotopic (exact) mass is 463 g/mol. The first kappa shape index (κ1) is 12.2. The van der Waals surface area contributed by atoms with Crippen LogP contribution in [0.2, 0.25) is 0 Å². The van der Waals surface area contributed by atoms with Crippen LogP contribution >= 0.6 is 45.2 Å². The Morgan fingerprint density at radius 3 is 1.78 bits per heavy atom. The summed E-state index contributed by atoms with van der Waals surface area (Å²) in [5.74, 6) is 0. The van der Waals surface area contributed by atoms with Gasteiger partial charge < -0.3 is 5.21 Å². The van der Waals surface area contributed by atoms with Crippen molar-refractivity contribution in [3.8, 4) is 0 Å². The highest BCUT2D eigenvalue weighted by Crippen LogP contribution is 2.21. The van der Waals surface area contributed by atoms with Crippen molar-refractivity contribution in [3.63, 3.8) is 0 Å². The molecule has 18 heavy (non-hydrogen) atoms. The van der Waals surface area contributed by atoms with Crippen molar-refractivity contribution in [2.45, 2.75) is 0 Å². The van der Waals surface area contributed by atoms with Crippen LogP contribution in [0.3, 0.4) is 0 Å². The molecule has 0 saturated heterocycles. The number of fused-ring (bicyclic) bond motifs is 2. The van der Waals surface area contributed by atoms with E-state index in [1.54, 1.807) is 24.3 Å². The van der Waals surface area contributed by atoms with Crippen LogP contribution in [0.5, 0.6) is 0 Å². The molecule has 5 heteroatoms. The normalized spacial score (nSPS) is 11.2. The predicted octanol–water partition coefficient (Wildman–Crippen LogP) is 3.60. The SMILES string of the molecule is O=c1c2ccc(I)cc2n(O)c2cc(I)ccc12. The molecule has 0 aliphatic rings. The number of pyridine rings is 1. The third-order valence-corrected chi connectivity index (χ3v) is 4.21. The molecule has 0 bridgehead atoms. The average Bonchev–Trinajstić information content (AvgIpc) is 2.35. The number of rotatable bonds is 0. The Labute approximate surface area is 130 Å². The first-order valence-corrected chi connectivity index (χ1v) is 7.36. The molecular formula is C13H7I2NO2. The van der Waals surface area contributed by atoms with E-state index in [4.69, 9.17) is 0 Å². The van der Waals surface area contributed by atoms with Crippen LogP contribution in [0.4, 0.5) is 0 Å². The van der Waals surface area contributed by atoms with Gasteiger partial charge in [0.25, 0.3) is 0 Å². The molecule has 0 saturated carbocycles. The Hall–Kier alpha value is -0.830. The third kappa shape index (κ3) is 1.80. The minimum atomic E-state index is -0.0434. The summed E-state index contributed by atoms with van der Waals surface area (Å²) in [6.45, 7) is 0. The van der Waals surface area contributed by atoms with Crippen LogP contribution in [-0.4, -0.2) is 9.94 Å². The molecule has 1 aromatic heterocycles. The molecule has 3 aromatic rings. The maximum Gasteiger partial charge on any atom is 0.197 e. The minimum Gasteiger partial charge on any atom is -0.428 e. The lowest BCUT2D eigenvalue weighted by atomic mass is 10.1. The van der Waals surface area contributed by atoms with Gasteiger partial charge in [-0.05, 0) is 81.6 Å². The van der Waals surface area contributed by atoms with Crippen molar-refractivity contribution in [1.82, 2.24) is 4.73 Å². The fourth-order valence-corrected chi connectivity index (χ4v) is 2.97. The van der Waals surface area contributed by atoms with E-state index in [1.165, 1.54) is 0 Å². The molecule has 0 aliphatic carbocycles. The molecule has 1 heterocycles. The lowest BCUT2D eigenvalue weighted by Gasteiger charge is -2.09. The van der Waals surface area contributed by atoms with Gasteiger partial charge in [0.2, 0.25) is 0 Å². The zero-order valence-electron chi connectivity index (χ0n) is 9.02. The molecule has 0 fully saturated rings. The van der Waals surface area contributed by atoms with Crippen LogP contribution in [0, 0.1) is 7.14 Å². The number of benzene rings is 2. The molecule has 0 radical (unpaired) electrons. The Morgan fingerprint density at radius 1 is 0.889 bits per heavy atom. The predicted molar refractivity (Wildman–Crippen MR) is 88.3 cm³/mol. The fraction of sp³-hybridized carbons (Fsp3) is 0. The minimum absolute atomic E-state index is 0.0434. The first-order chi connectivity index (χ1) is 8.58. The Kier molecular flexibility index (Phi) is 2.97. The Balaban J connectivity index is 2.65. The van der Waals surface area contributed by atoms with Gasteiger partial charge in [0, 0.05) is 17.9 Å². The second-order valence-corrected chi connectivity index (χ2v) is 6.46. The summed E-state index contributed by atoms with van der Waals surface area (Å²) >= 11 is 4.32. The van der Waals surface area contributed by atoms with E-state index >= 15 is 0 Å². The van der Waals surface area contributed by atoms with Crippen LogP contribution in [0.15, 0.2) is 41.2 Å². The Morgan fingerprint density at radius 2 is 1.33 bits per heavy atom. The van der Waals surface area contributed by atoms with Gasteiger partial charge in [-0.3, -0.25) is 4.79 Å². The van der Waals surface area contributed by atoms with Crippen molar-refractivity contribution in [2.75, 3.05) is 0 Å². The molecular weight excluding hydrogens is 456 g/mol. The van der Waals surface area contributed by atoms with E-state index in [2.05, 4.69) is 45.2 Å². The molecule has 90 valence electrons. The quantitative estimate of drug-likeness (QED) is 0.315. The van der Waals surface area contributed by atoms with Gasteiger partial charge in [0.05, 0.1) is 11.0 Å². The van der Waals surface area contributed by atoms with Gasteiger partial charge >= 0.3 is 0 Å². The second-order valence-electron chi connectivity index (χ2n) is 3.96. The smallest absolute Gasteiger partial charge is 0.197 e. The van der Waals surface area contributed by atoms with Gasteiger partial charge in [-0.25, -0.2) is 0 Å². The summed E-state index contributed by atoms with van der Waals surface area (Å²) < 4.78 is 3.05. The molecule has 2 aromatic carbocycles. The van der Waals surface area contributed by atoms with Crippen LogP contribution in [0.1, 0.15) is 0 Å². The Bertz CT molecular complexity index is 774. The van der Waals surface area contributed by atoms with Gasteiger partial charge in [-0.1, -0.05) is 0 Å². The molecule has 3 rings (SSSR count). The molecule has 0 aliphatic heterocycles. The number of hydrogen-bond acceptors (Lipinski definition) is 2. The summed E-state index contributed by atoms with van der Waals surface area (Å²) in [5.41, 5.74) is 1.04. The van der Waals surface area contributed by atoms with Crippen molar-refractivity contribution in [3.05, 3.63) is 53.8 Å². The van der Waals surface area contributed by atoms with Crippen molar-refractivity contribution in [2.24, 2.45) is 0 Å². The zero-order valence-corrected chi connectivity index (χ0v) is 13.3. The third-order valence-electron chi connectivity index (χ3n) is 2.87. The molecule has 0 spiro atoms. The van der Waals surface area contributed by atoms with E-state index < -0.39 is 0 Å². The summed E-state index contributed by atoms with van der Waals surface area (Å²) in [7, 11) is 0. The number of halogens is 2. The standard InChI is InChI=1S/C13H7I2NO2/c14-7-1-3-9-11(5-7)16(18)12-6-8(15)2-4-10(12)13(9)17/h1-6,18H. The van der Waals surface area contributed by atoms with Gasteiger partial charge in [-0.2, -0.15) is 4.73 Å². The summed E-state index contributed by atoms with van der Waals surface area (Å²) in [6, 6.07) is 10.8. The van der Waals surface area contributed by atoms with E-state index in [9.17, 15) is 10.0 Å². The van der Waals surface area contributed by atoms with Crippen LogP contribution in [-0.2, 0) is 0 Å². The summed E-state index contributed by atoms with van der Waals surface area (Å²) in [5, 5.41) is 11.3. The maximum atomic E-state index is 12.3. The average molecular weight is 463 g/mol.